The van der Waals surface area contributed by atoms with E-state index in [4.69, 9.17) is 0 Å². The molecule has 2 aliphatic rings. The molecule has 1 N–H and O–H groups in total. The number of amides is 1. The number of aliphatic hydroxyl groups is 1. The molecule has 3 aromatic carbocycles. The molecule has 0 spiro atoms. The van der Waals surface area contributed by atoms with Crippen LogP contribution in [0.2, 0.25) is 0 Å². The standard InChI is InChI=1S/C28H23NO2/c30-19-20-9-12-22(13-10-20)25-14-11-21(17-25)18-29-27-8-4-2-6-24(27)16-15-23-5-1-3-7-26(23)28(29)31/h1-10,12-14,21,30H,11,17-19H2. The summed E-state index contributed by atoms with van der Waals surface area (Å²) in [6.45, 7) is 0.712. The van der Waals surface area contributed by atoms with Gasteiger partial charge in [-0.05, 0) is 59.7 Å². The number of fused-ring (bicyclic) bond motifs is 2. The average molecular weight is 405 g/mol. The summed E-state index contributed by atoms with van der Waals surface area (Å²) in [6, 6.07) is 23.6. The van der Waals surface area contributed by atoms with Gasteiger partial charge in [0, 0.05) is 17.7 Å². The number of allylic oxidation sites excluding steroid dienone is 2. The van der Waals surface area contributed by atoms with E-state index < -0.39 is 0 Å². The third kappa shape index (κ3) is 3.79. The quantitative estimate of drug-likeness (QED) is 0.619. The molecule has 0 aromatic heterocycles. The van der Waals surface area contributed by atoms with Crippen molar-refractivity contribution in [3.63, 3.8) is 0 Å². The molecule has 3 heteroatoms. The highest BCUT2D eigenvalue weighted by Crippen LogP contribution is 2.35. The minimum atomic E-state index is 0.0119. The summed E-state index contributed by atoms with van der Waals surface area (Å²) in [7, 11) is 0. The Bertz CT molecular complexity index is 1230. The minimum Gasteiger partial charge on any atom is -0.392 e. The number of hydrogen-bond donors (Lipinski definition) is 1. The first-order chi connectivity index (χ1) is 15.2. The Morgan fingerprint density at radius 3 is 2.42 bits per heavy atom. The molecule has 0 saturated heterocycles. The van der Waals surface area contributed by atoms with Crippen LogP contribution < -0.4 is 4.90 Å². The number of carbonyl (C=O) groups is 1. The lowest BCUT2D eigenvalue weighted by Gasteiger charge is -2.28. The fourth-order valence-electron chi connectivity index (χ4n) is 4.41. The van der Waals surface area contributed by atoms with E-state index in [9.17, 15) is 9.90 Å². The van der Waals surface area contributed by atoms with Gasteiger partial charge in [0.15, 0.2) is 0 Å². The third-order valence-electron chi connectivity index (χ3n) is 6.08. The van der Waals surface area contributed by atoms with Gasteiger partial charge in [-0.3, -0.25) is 4.79 Å². The van der Waals surface area contributed by atoms with Crippen molar-refractivity contribution < 1.29 is 9.90 Å². The van der Waals surface area contributed by atoms with Crippen LogP contribution in [0.4, 0.5) is 5.69 Å². The number of rotatable bonds is 4. The lowest BCUT2D eigenvalue weighted by molar-refractivity contribution is 0.0982. The maximum atomic E-state index is 13.6. The summed E-state index contributed by atoms with van der Waals surface area (Å²) >= 11 is 0. The Labute approximate surface area is 182 Å². The molecule has 1 aliphatic carbocycles. The summed E-state index contributed by atoms with van der Waals surface area (Å²) in [5.41, 5.74) is 6.63. The molecule has 0 fully saturated rings. The maximum Gasteiger partial charge on any atom is 0.259 e. The van der Waals surface area contributed by atoms with Crippen LogP contribution in [-0.4, -0.2) is 17.6 Å². The van der Waals surface area contributed by atoms with Gasteiger partial charge in [-0.25, -0.2) is 0 Å². The highest BCUT2D eigenvalue weighted by molar-refractivity contribution is 6.09. The van der Waals surface area contributed by atoms with E-state index in [0.717, 1.165) is 35.2 Å². The molecule has 152 valence electrons. The maximum absolute atomic E-state index is 13.6. The fraction of sp³-hybridized carbons (Fsp3) is 0.179. The van der Waals surface area contributed by atoms with Gasteiger partial charge in [0.25, 0.3) is 5.91 Å². The molecular weight excluding hydrogens is 382 g/mol. The summed E-state index contributed by atoms with van der Waals surface area (Å²) in [6.07, 6.45) is 4.15. The lowest BCUT2D eigenvalue weighted by Crippen LogP contribution is -2.36. The van der Waals surface area contributed by atoms with Crippen molar-refractivity contribution in [1.29, 1.82) is 0 Å². The molecule has 1 amide bonds. The number of aliphatic hydroxyl groups excluding tert-OH is 1. The zero-order chi connectivity index (χ0) is 21.2. The predicted octanol–water partition coefficient (Wildman–Crippen LogP) is 5.03. The second-order valence-electron chi connectivity index (χ2n) is 8.12. The fourth-order valence-corrected chi connectivity index (χ4v) is 4.41. The smallest absolute Gasteiger partial charge is 0.259 e. The number of benzene rings is 3. The van der Waals surface area contributed by atoms with E-state index in [2.05, 4.69) is 30.0 Å². The van der Waals surface area contributed by atoms with Gasteiger partial charge in [0.05, 0.1) is 17.9 Å². The van der Waals surface area contributed by atoms with E-state index in [-0.39, 0.29) is 12.5 Å². The number of carbonyl (C=O) groups excluding carboxylic acids is 1. The van der Waals surface area contributed by atoms with Gasteiger partial charge in [0.2, 0.25) is 0 Å². The van der Waals surface area contributed by atoms with E-state index >= 15 is 0 Å². The molecule has 31 heavy (non-hydrogen) atoms. The molecule has 1 aliphatic heterocycles. The summed E-state index contributed by atoms with van der Waals surface area (Å²) in [5, 5.41) is 9.27. The topological polar surface area (TPSA) is 40.5 Å². The zero-order valence-corrected chi connectivity index (χ0v) is 17.2. The minimum absolute atomic E-state index is 0.0119. The Morgan fingerprint density at radius 2 is 1.61 bits per heavy atom. The van der Waals surface area contributed by atoms with E-state index in [0.29, 0.717) is 18.0 Å². The Balaban J connectivity index is 1.42. The molecule has 3 aromatic rings. The van der Waals surface area contributed by atoms with Gasteiger partial charge in [0.1, 0.15) is 0 Å². The highest BCUT2D eigenvalue weighted by atomic mass is 16.3. The third-order valence-corrected chi connectivity index (χ3v) is 6.08. The van der Waals surface area contributed by atoms with Crippen molar-refractivity contribution in [3.05, 3.63) is 107 Å². The Kier molecular flexibility index (Phi) is 5.16. The second kappa shape index (κ2) is 8.26. The average Bonchev–Trinajstić information content (AvgIpc) is 3.29. The van der Waals surface area contributed by atoms with Gasteiger partial charge in [-0.2, -0.15) is 0 Å². The van der Waals surface area contributed by atoms with Gasteiger partial charge < -0.3 is 10.0 Å². The number of anilines is 1. The van der Waals surface area contributed by atoms with Crippen LogP contribution in [0.5, 0.6) is 0 Å². The molecule has 1 unspecified atom stereocenters. The first-order valence-electron chi connectivity index (χ1n) is 10.6. The van der Waals surface area contributed by atoms with Crippen LogP contribution in [-0.2, 0) is 6.61 Å². The van der Waals surface area contributed by atoms with Crippen LogP contribution in [0.25, 0.3) is 5.57 Å². The van der Waals surface area contributed by atoms with Crippen molar-refractivity contribution in [1.82, 2.24) is 0 Å². The summed E-state index contributed by atoms with van der Waals surface area (Å²) < 4.78 is 0. The van der Waals surface area contributed by atoms with Crippen molar-refractivity contribution in [3.8, 4) is 11.8 Å². The highest BCUT2D eigenvalue weighted by Gasteiger charge is 2.28. The molecule has 5 rings (SSSR count). The van der Waals surface area contributed by atoms with Crippen LogP contribution in [0, 0.1) is 17.8 Å². The number of nitrogens with zero attached hydrogens (tertiary/aromatic N) is 1. The van der Waals surface area contributed by atoms with E-state index in [1.807, 2.05) is 65.6 Å². The molecule has 1 atom stereocenters. The Hall–Kier alpha value is -3.61. The van der Waals surface area contributed by atoms with Gasteiger partial charge in [-0.1, -0.05) is 66.4 Å². The predicted molar refractivity (Wildman–Crippen MR) is 124 cm³/mol. The van der Waals surface area contributed by atoms with Crippen molar-refractivity contribution >= 4 is 17.2 Å². The van der Waals surface area contributed by atoms with Gasteiger partial charge >= 0.3 is 0 Å². The lowest BCUT2D eigenvalue weighted by atomic mass is 9.97. The molecule has 1 heterocycles. The van der Waals surface area contributed by atoms with Crippen LogP contribution in [0.3, 0.4) is 0 Å². The normalized spacial score (nSPS) is 17.1. The largest absolute Gasteiger partial charge is 0.392 e. The van der Waals surface area contributed by atoms with E-state index in [1.165, 1.54) is 11.1 Å². The van der Waals surface area contributed by atoms with Crippen LogP contribution in [0.1, 0.15) is 45.5 Å². The van der Waals surface area contributed by atoms with Crippen LogP contribution in [0.15, 0.2) is 78.9 Å². The molecule has 0 saturated carbocycles. The molecule has 0 radical (unpaired) electrons. The van der Waals surface area contributed by atoms with Crippen molar-refractivity contribution in [2.24, 2.45) is 5.92 Å². The van der Waals surface area contributed by atoms with Crippen molar-refractivity contribution in [2.75, 3.05) is 11.4 Å². The number of hydrogen-bond acceptors (Lipinski definition) is 2. The second-order valence-corrected chi connectivity index (χ2v) is 8.12. The first kappa shape index (κ1) is 19.4. The van der Waals surface area contributed by atoms with E-state index in [1.54, 1.807) is 0 Å². The number of para-hydroxylation sites is 1. The summed E-state index contributed by atoms with van der Waals surface area (Å²) in [4.78, 5) is 15.5. The molecule has 3 nitrogen and oxygen atoms in total. The molecule has 0 bridgehead atoms. The zero-order valence-electron chi connectivity index (χ0n) is 17.2. The van der Waals surface area contributed by atoms with Crippen molar-refractivity contribution in [2.45, 2.75) is 19.4 Å². The molecular formula is C28H23NO2. The first-order valence-corrected chi connectivity index (χ1v) is 10.6. The monoisotopic (exact) mass is 405 g/mol. The SMILES string of the molecule is O=C1c2ccccc2C#Cc2ccccc2N1CC1CC=C(c2ccc(CO)cc2)C1. The van der Waals surface area contributed by atoms with Crippen LogP contribution >= 0.6 is 0 Å². The van der Waals surface area contributed by atoms with Gasteiger partial charge in [-0.15, -0.1) is 0 Å². The summed E-state index contributed by atoms with van der Waals surface area (Å²) in [5.74, 6) is 6.81. The Morgan fingerprint density at radius 1 is 0.903 bits per heavy atom.